The molecule has 1 heterocycles. The molecule has 1 aromatic carbocycles. The molecule has 2 rings (SSSR count). The molecule has 0 spiro atoms. The molecule has 3 nitrogen and oxygen atoms in total. The van der Waals surface area contributed by atoms with Gasteiger partial charge in [-0.05, 0) is 53.2 Å². The van der Waals surface area contributed by atoms with Crippen LogP contribution in [0.3, 0.4) is 0 Å². The summed E-state index contributed by atoms with van der Waals surface area (Å²) in [5.74, 6) is -1.45. The van der Waals surface area contributed by atoms with E-state index in [1.165, 1.54) is 6.07 Å². The number of aromatic nitrogens is 1. The molecule has 1 atom stereocenters. The first-order chi connectivity index (χ1) is 9.47. The van der Waals surface area contributed by atoms with Crippen molar-refractivity contribution in [2.45, 2.75) is 13.0 Å². The predicted octanol–water partition coefficient (Wildman–Crippen LogP) is 3.32. The van der Waals surface area contributed by atoms with Gasteiger partial charge in [-0.2, -0.15) is 0 Å². The Morgan fingerprint density at radius 2 is 2.00 bits per heavy atom. The Labute approximate surface area is 124 Å². The average Bonchev–Trinajstić information content (AvgIpc) is 2.42. The summed E-state index contributed by atoms with van der Waals surface area (Å²) >= 11 is 3.10. The van der Waals surface area contributed by atoms with Crippen LogP contribution in [0, 0.1) is 18.6 Å². The van der Waals surface area contributed by atoms with Crippen molar-refractivity contribution in [3.8, 4) is 0 Å². The molecule has 0 radical (unpaired) electrons. The molecule has 2 aromatic rings. The smallest absolute Gasteiger partial charge is 0.173 e. The van der Waals surface area contributed by atoms with Crippen molar-refractivity contribution >= 4 is 21.7 Å². The van der Waals surface area contributed by atoms with E-state index in [9.17, 15) is 8.78 Å². The van der Waals surface area contributed by atoms with Crippen molar-refractivity contribution in [1.82, 2.24) is 10.3 Å². The van der Waals surface area contributed by atoms with Crippen molar-refractivity contribution < 1.29 is 8.78 Å². The normalized spacial score (nSPS) is 12.4. The first-order valence-electron chi connectivity index (χ1n) is 5.99. The van der Waals surface area contributed by atoms with Crippen LogP contribution >= 0.6 is 15.9 Å². The zero-order chi connectivity index (χ0) is 14.9. The topological polar surface area (TPSA) is 50.9 Å². The van der Waals surface area contributed by atoms with Crippen LogP contribution in [0.15, 0.2) is 28.9 Å². The SMILES string of the molecule is CNC(c1ccc(F)c(F)c1Br)c1c(C)ccnc1N. The number of pyridine rings is 1. The van der Waals surface area contributed by atoms with Crippen molar-refractivity contribution in [3.63, 3.8) is 0 Å². The molecule has 0 saturated carbocycles. The second kappa shape index (κ2) is 5.85. The molecule has 0 bridgehead atoms. The van der Waals surface area contributed by atoms with E-state index in [0.717, 1.165) is 17.2 Å². The van der Waals surface area contributed by atoms with Crippen molar-refractivity contribution in [3.05, 3.63) is 57.2 Å². The molecule has 0 aliphatic heterocycles. The van der Waals surface area contributed by atoms with E-state index in [2.05, 4.69) is 26.2 Å². The largest absolute Gasteiger partial charge is 0.383 e. The second-order valence-electron chi connectivity index (χ2n) is 4.41. The zero-order valence-electron chi connectivity index (χ0n) is 11.0. The van der Waals surface area contributed by atoms with Crippen LogP contribution in [0.1, 0.15) is 22.7 Å². The Balaban J connectivity index is 2.62. The lowest BCUT2D eigenvalue weighted by Crippen LogP contribution is -2.21. The highest BCUT2D eigenvalue weighted by Gasteiger charge is 2.22. The number of nitrogen functional groups attached to an aromatic ring is 1. The summed E-state index contributed by atoms with van der Waals surface area (Å²) in [4.78, 5) is 4.06. The third kappa shape index (κ3) is 2.53. The monoisotopic (exact) mass is 341 g/mol. The minimum absolute atomic E-state index is 0.0829. The fourth-order valence-corrected chi connectivity index (χ4v) is 2.74. The highest BCUT2D eigenvalue weighted by Crippen LogP contribution is 2.34. The van der Waals surface area contributed by atoms with Gasteiger partial charge in [0.25, 0.3) is 0 Å². The van der Waals surface area contributed by atoms with Gasteiger partial charge in [-0.15, -0.1) is 0 Å². The molecule has 0 fully saturated rings. The maximum absolute atomic E-state index is 13.7. The number of rotatable bonds is 3. The average molecular weight is 342 g/mol. The van der Waals surface area contributed by atoms with Gasteiger partial charge in [-0.25, -0.2) is 13.8 Å². The highest BCUT2D eigenvalue weighted by molar-refractivity contribution is 9.10. The highest BCUT2D eigenvalue weighted by atomic mass is 79.9. The van der Waals surface area contributed by atoms with Crippen molar-refractivity contribution in [2.75, 3.05) is 12.8 Å². The second-order valence-corrected chi connectivity index (χ2v) is 5.21. The summed E-state index contributed by atoms with van der Waals surface area (Å²) in [6, 6.07) is 4.06. The van der Waals surface area contributed by atoms with Crippen molar-refractivity contribution in [1.29, 1.82) is 0 Å². The zero-order valence-corrected chi connectivity index (χ0v) is 12.6. The van der Waals surface area contributed by atoms with Gasteiger partial charge in [-0.3, -0.25) is 0 Å². The number of anilines is 1. The summed E-state index contributed by atoms with van der Waals surface area (Å²) in [5, 5.41) is 3.06. The number of hydrogen-bond acceptors (Lipinski definition) is 3. The van der Waals surface area contributed by atoms with E-state index < -0.39 is 11.6 Å². The number of nitrogens with two attached hydrogens (primary N) is 1. The van der Waals surface area contributed by atoms with Gasteiger partial charge < -0.3 is 11.1 Å². The van der Waals surface area contributed by atoms with Crippen LogP contribution in [-0.2, 0) is 0 Å². The standard InChI is InChI=1S/C14H14BrF2N3/c1-7-5-6-20-14(18)10(7)13(19-2)8-3-4-9(16)12(17)11(8)15/h3-6,13,19H,1-2H3,(H2,18,20). The van der Waals surface area contributed by atoms with Crippen LogP contribution in [0.2, 0.25) is 0 Å². The molecule has 106 valence electrons. The molecule has 0 saturated heterocycles. The number of nitrogens with one attached hydrogen (secondary N) is 1. The van der Waals surface area contributed by atoms with Gasteiger partial charge in [0.2, 0.25) is 0 Å². The quantitative estimate of drug-likeness (QED) is 0.842. The minimum atomic E-state index is -0.914. The molecule has 6 heteroatoms. The molecule has 0 aliphatic rings. The molecule has 0 amide bonds. The lowest BCUT2D eigenvalue weighted by Gasteiger charge is -2.22. The molecule has 0 aliphatic carbocycles. The summed E-state index contributed by atoms with van der Waals surface area (Å²) < 4.78 is 27.0. The first-order valence-corrected chi connectivity index (χ1v) is 6.78. The summed E-state index contributed by atoms with van der Waals surface area (Å²) in [6.07, 6.45) is 1.61. The summed E-state index contributed by atoms with van der Waals surface area (Å²) in [6.45, 7) is 1.89. The van der Waals surface area contributed by atoms with Crippen molar-refractivity contribution in [2.24, 2.45) is 0 Å². The maximum Gasteiger partial charge on any atom is 0.173 e. The molecule has 1 aromatic heterocycles. The summed E-state index contributed by atoms with van der Waals surface area (Å²) in [5.41, 5.74) is 8.16. The number of halogens is 3. The van der Waals surface area contributed by atoms with E-state index in [4.69, 9.17) is 5.73 Å². The first kappa shape index (κ1) is 14.9. The van der Waals surface area contributed by atoms with E-state index >= 15 is 0 Å². The van der Waals surface area contributed by atoms with Crippen LogP contribution in [0.25, 0.3) is 0 Å². The minimum Gasteiger partial charge on any atom is -0.383 e. The van der Waals surface area contributed by atoms with Gasteiger partial charge in [0.1, 0.15) is 5.82 Å². The lowest BCUT2D eigenvalue weighted by molar-refractivity contribution is 0.499. The van der Waals surface area contributed by atoms with Gasteiger partial charge >= 0.3 is 0 Å². The number of aryl methyl sites for hydroxylation is 1. The van der Waals surface area contributed by atoms with E-state index in [-0.39, 0.29) is 10.5 Å². The fraction of sp³-hybridized carbons (Fsp3) is 0.214. The Bertz CT molecular complexity index is 626. The van der Waals surface area contributed by atoms with Crippen LogP contribution in [0.5, 0.6) is 0 Å². The molecule has 20 heavy (non-hydrogen) atoms. The molecular formula is C14H14BrF2N3. The Morgan fingerprint density at radius 1 is 1.30 bits per heavy atom. The van der Waals surface area contributed by atoms with Crippen LogP contribution in [0.4, 0.5) is 14.6 Å². The third-order valence-electron chi connectivity index (χ3n) is 3.19. The lowest BCUT2D eigenvalue weighted by atomic mass is 9.95. The van der Waals surface area contributed by atoms with Gasteiger partial charge in [-0.1, -0.05) is 6.07 Å². The van der Waals surface area contributed by atoms with Gasteiger partial charge in [0.15, 0.2) is 11.6 Å². The molecular weight excluding hydrogens is 328 g/mol. The number of benzene rings is 1. The van der Waals surface area contributed by atoms with E-state index in [0.29, 0.717) is 11.4 Å². The fourth-order valence-electron chi connectivity index (χ4n) is 2.19. The Morgan fingerprint density at radius 3 is 2.60 bits per heavy atom. The third-order valence-corrected chi connectivity index (χ3v) is 4.00. The Kier molecular flexibility index (Phi) is 4.35. The predicted molar refractivity (Wildman–Crippen MR) is 78.3 cm³/mol. The van der Waals surface area contributed by atoms with E-state index in [1.54, 1.807) is 13.2 Å². The van der Waals surface area contributed by atoms with Gasteiger partial charge in [0.05, 0.1) is 10.5 Å². The van der Waals surface area contributed by atoms with Crippen LogP contribution < -0.4 is 11.1 Å². The number of hydrogen-bond donors (Lipinski definition) is 2. The van der Waals surface area contributed by atoms with Gasteiger partial charge in [0, 0.05) is 11.8 Å². The molecule has 1 unspecified atom stereocenters. The van der Waals surface area contributed by atoms with Crippen LogP contribution in [-0.4, -0.2) is 12.0 Å². The Hall–Kier alpha value is -1.53. The maximum atomic E-state index is 13.7. The number of nitrogens with zero attached hydrogens (tertiary/aromatic N) is 1. The summed E-state index contributed by atoms with van der Waals surface area (Å²) in [7, 11) is 1.73. The van der Waals surface area contributed by atoms with E-state index in [1.807, 2.05) is 13.0 Å². The molecule has 3 N–H and O–H groups in total.